The maximum Gasteiger partial charge on any atom is 0.387 e. The quantitative estimate of drug-likeness (QED) is 0.429. The van der Waals surface area contributed by atoms with Crippen LogP contribution < -0.4 is 9.47 Å². The molecule has 3 aromatic rings. The van der Waals surface area contributed by atoms with Crippen molar-refractivity contribution in [2.24, 2.45) is 0 Å². The molecule has 1 amide bonds. The van der Waals surface area contributed by atoms with Crippen molar-refractivity contribution in [3.05, 3.63) is 95.3 Å². The predicted molar refractivity (Wildman–Crippen MR) is 118 cm³/mol. The molecule has 32 heavy (non-hydrogen) atoms. The van der Waals surface area contributed by atoms with E-state index in [0.717, 1.165) is 16.7 Å². The summed E-state index contributed by atoms with van der Waals surface area (Å²) in [5.41, 5.74) is 3.68. The minimum Gasteiger partial charge on any atom is -0.493 e. The normalized spacial score (nSPS) is 11.0. The van der Waals surface area contributed by atoms with Crippen molar-refractivity contribution in [3.63, 3.8) is 0 Å². The summed E-state index contributed by atoms with van der Waals surface area (Å²) in [6.07, 6.45) is 6.49. The fourth-order valence-corrected chi connectivity index (χ4v) is 3.17. The molecule has 2 aromatic carbocycles. The fourth-order valence-electron chi connectivity index (χ4n) is 3.17. The van der Waals surface area contributed by atoms with Crippen molar-refractivity contribution < 1.29 is 23.0 Å². The van der Waals surface area contributed by atoms with Crippen molar-refractivity contribution in [1.82, 2.24) is 9.88 Å². The van der Waals surface area contributed by atoms with E-state index in [2.05, 4.69) is 9.72 Å². The van der Waals surface area contributed by atoms with Crippen LogP contribution in [0.1, 0.15) is 22.3 Å². The van der Waals surface area contributed by atoms with Crippen LogP contribution in [0.4, 0.5) is 8.78 Å². The minimum absolute atomic E-state index is 0.0660. The van der Waals surface area contributed by atoms with E-state index in [0.29, 0.717) is 18.7 Å². The lowest BCUT2D eigenvalue weighted by Gasteiger charge is -2.22. The average Bonchev–Trinajstić information content (AvgIpc) is 2.79. The number of benzene rings is 2. The number of ether oxygens (including phenoxy) is 2. The van der Waals surface area contributed by atoms with Crippen LogP contribution in [0.2, 0.25) is 0 Å². The van der Waals surface area contributed by atoms with Crippen molar-refractivity contribution in [2.75, 3.05) is 7.11 Å². The highest BCUT2D eigenvalue weighted by Gasteiger charge is 2.14. The lowest BCUT2D eigenvalue weighted by atomic mass is 10.1. The number of carbonyl (C=O) groups is 1. The number of pyridine rings is 1. The van der Waals surface area contributed by atoms with Gasteiger partial charge >= 0.3 is 6.61 Å². The van der Waals surface area contributed by atoms with Gasteiger partial charge in [0.05, 0.1) is 7.11 Å². The molecule has 7 heteroatoms. The highest BCUT2D eigenvalue weighted by atomic mass is 19.3. The Morgan fingerprint density at radius 2 is 1.91 bits per heavy atom. The summed E-state index contributed by atoms with van der Waals surface area (Å²) in [7, 11) is 1.37. The molecule has 0 radical (unpaired) electrons. The Morgan fingerprint density at radius 1 is 1.09 bits per heavy atom. The summed E-state index contributed by atoms with van der Waals surface area (Å²) in [4.78, 5) is 18.9. The van der Waals surface area contributed by atoms with Gasteiger partial charge in [-0.1, -0.05) is 36.4 Å². The van der Waals surface area contributed by atoms with Crippen molar-refractivity contribution in [2.45, 2.75) is 26.6 Å². The van der Waals surface area contributed by atoms with Gasteiger partial charge in [0.2, 0.25) is 5.91 Å². The Morgan fingerprint density at radius 3 is 2.59 bits per heavy atom. The molecule has 0 atom stereocenters. The number of nitrogens with zero attached hydrogens (tertiary/aromatic N) is 2. The first-order chi connectivity index (χ1) is 15.5. The summed E-state index contributed by atoms with van der Waals surface area (Å²) < 4.78 is 34.6. The van der Waals surface area contributed by atoms with E-state index in [9.17, 15) is 13.6 Å². The molecule has 0 saturated carbocycles. The van der Waals surface area contributed by atoms with Gasteiger partial charge in [0, 0.05) is 31.6 Å². The number of alkyl halides is 2. The number of methoxy groups -OCH3 is 1. The molecule has 0 aliphatic heterocycles. The Hall–Kier alpha value is -3.74. The van der Waals surface area contributed by atoms with Crippen molar-refractivity contribution in [3.8, 4) is 11.5 Å². The SMILES string of the molecule is COc1cc(C=CC(=O)N(Cc2cccnc2)Cc2ccccc2C)ccc1OC(F)F. The summed E-state index contributed by atoms with van der Waals surface area (Å²) in [6.45, 7) is -0.104. The van der Waals surface area contributed by atoms with Gasteiger partial charge in [0.15, 0.2) is 11.5 Å². The molecular formula is C25H24F2N2O3. The minimum atomic E-state index is -2.95. The number of hydrogen-bond donors (Lipinski definition) is 0. The molecule has 3 rings (SSSR count). The van der Waals surface area contributed by atoms with Gasteiger partial charge in [-0.05, 0) is 53.5 Å². The van der Waals surface area contributed by atoms with Crippen molar-refractivity contribution >= 4 is 12.0 Å². The van der Waals surface area contributed by atoms with Gasteiger partial charge in [-0.2, -0.15) is 8.78 Å². The lowest BCUT2D eigenvalue weighted by molar-refractivity contribution is -0.127. The molecule has 0 saturated heterocycles. The standard InChI is InChI=1S/C25H24F2N2O3/c1-18-6-3-4-8-21(18)17-29(16-20-7-5-13-28-15-20)24(30)12-10-19-9-11-22(32-25(26)27)23(14-19)31-2/h3-15,25H,16-17H2,1-2H3. The monoisotopic (exact) mass is 438 g/mol. The Balaban J connectivity index is 1.81. The van der Waals surface area contributed by atoms with Crippen LogP contribution in [-0.2, 0) is 17.9 Å². The number of amides is 1. The van der Waals surface area contributed by atoms with Crippen LogP contribution >= 0.6 is 0 Å². The second kappa shape index (κ2) is 11.0. The van der Waals surface area contributed by atoms with E-state index in [1.54, 1.807) is 29.4 Å². The predicted octanol–water partition coefficient (Wildman–Crippen LogP) is 5.24. The van der Waals surface area contributed by atoms with Gasteiger partial charge in [-0.3, -0.25) is 9.78 Å². The summed E-state index contributed by atoms with van der Waals surface area (Å²) >= 11 is 0. The topological polar surface area (TPSA) is 51.7 Å². The highest BCUT2D eigenvalue weighted by Crippen LogP contribution is 2.30. The maximum absolute atomic E-state index is 13.1. The molecule has 0 spiro atoms. The number of rotatable bonds is 9. The molecular weight excluding hydrogens is 414 g/mol. The second-order valence-corrected chi connectivity index (χ2v) is 7.10. The molecule has 5 nitrogen and oxygen atoms in total. The van der Waals surface area contributed by atoms with Gasteiger partial charge in [-0.15, -0.1) is 0 Å². The first-order valence-corrected chi connectivity index (χ1v) is 9.99. The third-order valence-corrected chi connectivity index (χ3v) is 4.85. The van der Waals surface area contributed by atoms with E-state index < -0.39 is 6.61 Å². The van der Waals surface area contributed by atoms with E-state index in [4.69, 9.17) is 4.74 Å². The first kappa shape index (κ1) is 22.9. The summed E-state index contributed by atoms with van der Waals surface area (Å²) in [5.74, 6) is -0.0975. The van der Waals surface area contributed by atoms with Gasteiger partial charge in [0.25, 0.3) is 0 Å². The van der Waals surface area contributed by atoms with E-state index in [-0.39, 0.29) is 17.4 Å². The summed E-state index contributed by atoms with van der Waals surface area (Å²) in [6, 6.07) is 16.2. The lowest BCUT2D eigenvalue weighted by Crippen LogP contribution is -2.28. The summed E-state index contributed by atoms with van der Waals surface area (Å²) in [5, 5.41) is 0. The number of aryl methyl sites for hydroxylation is 1. The Bertz CT molecular complexity index is 1070. The van der Waals surface area contributed by atoms with E-state index in [1.807, 2.05) is 43.3 Å². The van der Waals surface area contributed by atoms with Crippen LogP contribution in [0.5, 0.6) is 11.5 Å². The van der Waals surface area contributed by atoms with Crippen LogP contribution in [-0.4, -0.2) is 29.5 Å². The number of aromatic nitrogens is 1. The van der Waals surface area contributed by atoms with Crippen LogP contribution in [0.15, 0.2) is 73.1 Å². The number of halogens is 2. The zero-order valence-corrected chi connectivity index (χ0v) is 17.9. The van der Waals surface area contributed by atoms with E-state index in [1.165, 1.54) is 25.3 Å². The average molecular weight is 438 g/mol. The van der Waals surface area contributed by atoms with Crippen molar-refractivity contribution in [1.29, 1.82) is 0 Å². The first-order valence-electron chi connectivity index (χ1n) is 9.99. The van der Waals surface area contributed by atoms with Crippen LogP contribution in [0.25, 0.3) is 6.08 Å². The number of hydrogen-bond acceptors (Lipinski definition) is 4. The molecule has 0 bridgehead atoms. The molecule has 0 aliphatic carbocycles. The van der Waals surface area contributed by atoms with Gasteiger partial charge in [-0.25, -0.2) is 0 Å². The zero-order valence-electron chi connectivity index (χ0n) is 17.9. The molecule has 166 valence electrons. The molecule has 0 fully saturated rings. The maximum atomic E-state index is 13.1. The molecule has 1 heterocycles. The third-order valence-electron chi connectivity index (χ3n) is 4.85. The Kier molecular flexibility index (Phi) is 7.91. The fraction of sp³-hybridized carbons (Fsp3) is 0.200. The Labute approximate surface area is 185 Å². The van der Waals surface area contributed by atoms with E-state index >= 15 is 0 Å². The molecule has 0 unspecified atom stereocenters. The second-order valence-electron chi connectivity index (χ2n) is 7.10. The van der Waals surface area contributed by atoms with Crippen LogP contribution in [0.3, 0.4) is 0 Å². The highest BCUT2D eigenvalue weighted by molar-refractivity contribution is 5.91. The van der Waals surface area contributed by atoms with Crippen LogP contribution in [0, 0.1) is 6.92 Å². The molecule has 1 aromatic heterocycles. The largest absolute Gasteiger partial charge is 0.493 e. The third kappa shape index (κ3) is 6.38. The van der Waals surface area contributed by atoms with Gasteiger partial charge < -0.3 is 14.4 Å². The van der Waals surface area contributed by atoms with Gasteiger partial charge in [0.1, 0.15) is 0 Å². The zero-order chi connectivity index (χ0) is 22.9. The molecule has 0 N–H and O–H groups in total. The molecule has 0 aliphatic rings. The number of carbonyl (C=O) groups excluding carboxylic acids is 1. The smallest absolute Gasteiger partial charge is 0.387 e.